The van der Waals surface area contributed by atoms with Crippen LogP contribution < -0.4 is 4.90 Å². The molecule has 0 radical (unpaired) electrons. The van der Waals surface area contributed by atoms with E-state index in [4.69, 9.17) is 11.6 Å². The number of Topliss-reactive ketones (excluding diaryl/α,β-unsaturated/α-hetero) is 2. The Labute approximate surface area is 190 Å². The Bertz CT molecular complexity index is 961. The normalized spacial score (nSPS) is 25.6. The zero-order valence-electron chi connectivity index (χ0n) is 18.8. The molecule has 1 saturated heterocycles. The molecule has 1 aliphatic heterocycles. The first-order chi connectivity index (χ1) is 14.8. The minimum atomic E-state index is -0.523. The van der Waals surface area contributed by atoms with E-state index >= 15 is 0 Å². The van der Waals surface area contributed by atoms with Gasteiger partial charge in [-0.15, -0.1) is 0 Å². The number of nitrogens with zero attached hydrogens (tertiary/aromatic N) is 1. The zero-order chi connectivity index (χ0) is 22.1. The van der Waals surface area contributed by atoms with Crippen molar-refractivity contribution in [3.63, 3.8) is 0 Å². The highest BCUT2D eigenvalue weighted by molar-refractivity contribution is 6.30. The molecule has 2 unspecified atom stereocenters. The van der Waals surface area contributed by atoms with Gasteiger partial charge in [-0.2, -0.15) is 0 Å². The van der Waals surface area contributed by atoms with E-state index in [0.29, 0.717) is 12.3 Å². The topological polar surface area (TPSA) is 37.4 Å². The highest BCUT2D eigenvalue weighted by Crippen LogP contribution is 2.40. The number of anilines is 1. The molecule has 0 aromatic heterocycles. The molecular weight excluding hydrogens is 406 g/mol. The van der Waals surface area contributed by atoms with Crippen LogP contribution in [0.5, 0.6) is 0 Å². The molecule has 0 N–H and O–H groups in total. The predicted octanol–water partition coefficient (Wildman–Crippen LogP) is 6.33. The maximum Gasteiger partial charge on any atom is 0.150 e. The van der Waals surface area contributed by atoms with Gasteiger partial charge in [-0.1, -0.05) is 40.5 Å². The lowest BCUT2D eigenvalue weighted by Crippen LogP contribution is -2.34. The number of allylic oxidation sites excluding steroid dienone is 6. The Morgan fingerprint density at radius 3 is 2.35 bits per heavy atom. The Hall–Kier alpha value is -2.13. The van der Waals surface area contributed by atoms with Gasteiger partial charge in [0.25, 0.3) is 0 Å². The summed E-state index contributed by atoms with van der Waals surface area (Å²) in [6.07, 6.45) is 8.41. The molecule has 2 atom stereocenters. The standard InChI is InChI=1S/C27H32ClNO2/c1-17-12-18(2)14-24(19(3)13-17)26-25(30)16-21(27(26)31)15-20-8-10-29(11-9-20)23-6-4-22(28)5-7-23/h4-7,12-13,20-21,26H,8-11,14-16H2,1-3H3. The molecule has 31 heavy (non-hydrogen) atoms. The van der Waals surface area contributed by atoms with Gasteiger partial charge >= 0.3 is 0 Å². The maximum atomic E-state index is 13.3. The first-order valence-electron chi connectivity index (χ1n) is 11.4. The van der Waals surface area contributed by atoms with E-state index in [1.165, 1.54) is 16.8 Å². The lowest BCUT2D eigenvalue weighted by Gasteiger charge is -2.34. The third-order valence-corrected chi connectivity index (χ3v) is 7.38. The van der Waals surface area contributed by atoms with Gasteiger partial charge in [-0.25, -0.2) is 0 Å². The first-order valence-corrected chi connectivity index (χ1v) is 11.8. The average molecular weight is 438 g/mol. The van der Waals surface area contributed by atoms with Gasteiger partial charge in [0.15, 0.2) is 5.78 Å². The van der Waals surface area contributed by atoms with Crippen molar-refractivity contribution in [2.75, 3.05) is 18.0 Å². The Morgan fingerprint density at radius 1 is 1.00 bits per heavy atom. The molecule has 2 aliphatic carbocycles. The molecule has 4 heteroatoms. The van der Waals surface area contributed by atoms with E-state index in [1.807, 2.05) is 19.1 Å². The monoisotopic (exact) mass is 437 g/mol. The smallest absolute Gasteiger partial charge is 0.150 e. The van der Waals surface area contributed by atoms with Crippen molar-refractivity contribution in [2.24, 2.45) is 17.8 Å². The summed E-state index contributed by atoms with van der Waals surface area (Å²) in [6.45, 7) is 8.19. The molecule has 2 fully saturated rings. The van der Waals surface area contributed by atoms with Gasteiger partial charge in [0.2, 0.25) is 0 Å². The summed E-state index contributed by atoms with van der Waals surface area (Å²) in [5, 5.41) is 0.757. The van der Waals surface area contributed by atoms with Crippen LogP contribution in [-0.2, 0) is 9.59 Å². The zero-order valence-corrected chi connectivity index (χ0v) is 19.5. The van der Waals surface area contributed by atoms with Gasteiger partial charge in [0.1, 0.15) is 5.78 Å². The summed E-state index contributed by atoms with van der Waals surface area (Å²) in [5.74, 6) is 0.174. The molecule has 1 heterocycles. The Balaban J connectivity index is 1.39. The number of ketones is 2. The molecule has 164 valence electrons. The SMILES string of the molecule is CC1=CC(C)=C(C2C(=O)CC(CC3CCN(c4ccc(Cl)cc4)CC3)C2=O)CC(C)=C1. The van der Waals surface area contributed by atoms with E-state index in [9.17, 15) is 9.59 Å². The van der Waals surface area contributed by atoms with Gasteiger partial charge in [0, 0.05) is 36.1 Å². The number of carbonyl (C=O) groups excluding carboxylic acids is 2. The number of halogens is 1. The lowest BCUT2D eigenvalue weighted by molar-refractivity contribution is -0.126. The molecule has 1 aromatic rings. The average Bonchev–Trinajstić information content (AvgIpc) is 2.92. The molecule has 0 amide bonds. The second-order valence-corrected chi connectivity index (χ2v) is 10.0. The van der Waals surface area contributed by atoms with Crippen LogP contribution in [0.3, 0.4) is 0 Å². The second kappa shape index (κ2) is 9.16. The fourth-order valence-corrected chi connectivity index (χ4v) is 5.71. The number of hydrogen-bond acceptors (Lipinski definition) is 3. The number of carbonyl (C=O) groups is 2. The third-order valence-electron chi connectivity index (χ3n) is 7.12. The van der Waals surface area contributed by atoms with Crippen LogP contribution in [0.25, 0.3) is 0 Å². The lowest BCUT2D eigenvalue weighted by atomic mass is 9.83. The fourth-order valence-electron chi connectivity index (χ4n) is 5.59. The van der Waals surface area contributed by atoms with Gasteiger partial charge in [-0.05, 0) is 82.2 Å². The highest BCUT2D eigenvalue weighted by Gasteiger charge is 2.44. The van der Waals surface area contributed by atoms with Crippen molar-refractivity contribution < 1.29 is 9.59 Å². The molecule has 0 bridgehead atoms. The van der Waals surface area contributed by atoms with Crippen LogP contribution in [0.15, 0.2) is 58.7 Å². The van der Waals surface area contributed by atoms with E-state index in [2.05, 4.69) is 43.0 Å². The van der Waals surface area contributed by atoms with Crippen LogP contribution in [0, 0.1) is 17.8 Å². The minimum absolute atomic E-state index is 0.109. The summed E-state index contributed by atoms with van der Waals surface area (Å²) in [6, 6.07) is 8.01. The molecule has 1 aromatic carbocycles. The van der Waals surface area contributed by atoms with Crippen LogP contribution >= 0.6 is 11.6 Å². The predicted molar refractivity (Wildman–Crippen MR) is 127 cm³/mol. The number of rotatable bonds is 4. The van der Waals surface area contributed by atoms with Crippen LogP contribution in [-0.4, -0.2) is 24.7 Å². The van der Waals surface area contributed by atoms with Crippen LogP contribution in [0.1, 0.15) is 52.9 Å². The van der Waals surface area contributed by atoms with E-state index < -0.39 is 5.92 Å². The molecule has 1 saturated carbocycles. The third kappa shape index (κ3) is 4.87. The van der Waals surface area contributed by atoms with Crippen molar-refractivity contribution in [3.05, 3.63) is 63.7 Å². The van der Waals surface area contributed by atoms with Crippen molar-refractivity contribution in [2.45, 2.75) is 52.9 Å². The number of piperidine rings is 1. The summed E-state index contributed by atoms with van der Waals surface area (Å²) < 4.78 is 0. The maximum absolute atomic E-state index is 13.3. The van der Waals surface area contributed by atoms with Crippen molar-refractivity contribution in [3.8, 4) is 0 Å². The summed E-state index contributed by atoms with van der Waals surface area (Å²) in [5.41, 5.74) is 5.73. The molecule has 3 nitrogen and oxygen atoms in total. The summed E-state index contributed by atoms with van der Waals surface area (Å²) in [7, 11) is 0. The van der Waals surface area contributed by atoms with Crippen molar-refractivity contribution in [1.29, 1.82) is 0 Å². The van der Waals surface area contributed by atoms with Crippen LogP contribution in [0.4, 0.5) is 5.69 Å². The quantitative estimate of drug-likeness (QED) is 0.516. The first kappa shape index (κ1) is 22.1. The Kier molecular flexibility index (Phi) is 6.52. The van der Waals surface area contributed by atoms with Gasteiger partial charge in [-0.3, -0.25) is 9.59 Å². The largest absolute Gasteiger partial charge is 0.372 e. The molecule has 4 rings (SSSR count). The second-order valence-electron chi connectivity index (χ2n) is 9.61. The number of benzene rings is 1. The van der Waals surface area contributed by atoms with E-state index in [-0.39, 0.29) is 17.5 Å². The van der Waals surface area contributed by atoms with Gasteiger partial charge in [0.05, 0.1) is 5.92 Å². The number of hydrogen-bond donors (Lipinski definition) is 0. The highest BCUT2D eigenvalue weighted by atomic mass is 35.5. The minimum Gasteiger partial charge on any atom is -0.372 e. The molecule has 0 spiro atoms. The Morgan fingerprint density at radius 2 is 1.68 bits per heavy atom. The van der Waals surface area contributed by atoms with E-state index in [1.54, 1.807) is 0 Å². The molecular formula is C27H32ClNO2. The fraction of sp³-hybridized carbons (Fsp3) is 0.481. The van der Waals surface area contributed by atoms with Crippen molar-refractivity contribution >= 4 is 28.9 Å². The molecule has 3 aliphatic rings. The van der Waals surface area contributed by atoms with Crippen molar-refractivity contribution in [1.82, 2.24) is 0 Å². The summed E-state index contributed by atoms with van der Waals surface area (Å²) >= 11 is 6.01. The van der Waals surface area contributed by atoms with Crippen LogP contribution in [0.2, 0.25) is 5.02 Å². The van der Waals surface area contributed by atoms with Gasteiger partial charge < -0.3 is 4.90 Å². The van der Waals surface area contributed by atoms with E-state index in [0.717, 1.165) is 54.9 Å². The summed E-state index contributed by atoms with van der Waals surface area (Å²) in [4.78, 5) is 28.7.